The van der Waals surface area contributed by atoms with Crippen molar-refractivity contribution < 1.29 is 30.8 Å². The highest BCUT2D eigenvalue weighted by atomic mass is 32.2. The van der Waals surface area contributed by atoms with Crippen molar-refractivity contribution in [1.82, 2.24) is 14.6 Å². The average molecular weight is 620 g/mol. The van der Waals surface area contributed by atoms with Crippen molar-refractivity contribution in [3.8, 4) is 0 Å². The van der Waals surface area contributed by atoms with Crippen LogP contribution < -0.4 is 16.4 Å². The third-order valence-electron chi connectivity index (χ3n) is 7.92. The number of halogens is 4. The van der Waals surface area contributed by atoms with Gasteiger partial charge >= 0.3 is 0 Å². The van der Waals surface area contributed by atoms with Gasteiger partial charge in [0.1, 0.15) is 23.3 Å². The summed E-state index contributed by atoms with van der Waals surface area (Å²) in [6, 6.07) is 5.97. The van der Waals surface area contributed by atoms with Crippen LogP contribution in [0.3, 0.4) is 0 Å². The molecule has 230 valence electrons. The summed E-state index contributed by atoms with van der Waals surface area (Å²) in [7, 11) is -3.47. The Bertz CT molecular complexity index is 1550. The minimum Gasteiger partial charge on any atom is -0.323 e. The van der Waals surface area contributed by atoms with Crippen LogP contribution in [0, 0.1) is 29.2 Å². The van der Waals surface area contributed by atoms with Gasteiger partial charge in [-0.2, -0.15) is 4.31 Å². The fraction of sp³-hybridized carbons (Fsp3) is 0.400. The Morgan fingerprint density at radius 3 is 2.40 bits per heavy atom. The van der Waals surface area contributed by atoms with Crippen LogP contribution in [0.25, 0.3) is 0 Å². The molecular weight excluding hydrogens is 586 g/mol. The summed E-state index contributed by atoms with van der Waals surface area (Å²) >= 11 is 0. The van der Waals surface area contributed by atoms with Gasteiger partial charge in [-0.25, -0.2) is 26.0 Å². The van der Waals surface area contributed by atoms with Gasteiger partial charge in [0.2, 0.25) is 15.9 Å². The number of amides is 1. The second-order valence-corrected chi connectivity index (χ2v) is 13.1. The van der Waals surface area contributed by atoms with E-state index >= 15 is 4.39 Å². The maximum Gasteiger partial charge on any atom is 0.242 e. The number of nitrogens with zero attached hydrogens (tertiary/aromatic N) is 2. The quantitative estimate of drug-likeness (QED) is 0.282. The molecule has 1 saturated carbocycles. The Labute approximate surface area is 247 Å². The Hall–Kier alpha value is -3.39. The molecule has 43 heavy (non-hydrogen) atoms. The van der Waals surface area contributed by atoms with Crippen LogP contribution >= 0.6 is 0 Å². The maximum atomic E-state index is 15.1. The van der Waals surface area contributed by atoms with E-state index in [4.69, 9.17) is 5.73 Å². The molecule has 0 unspecified atom stereocenters. The molecule has 2 fully saturated rings. The number of carbonyl (C=O) groups excluding carboxylic acids is 1. The first-order valence-corrected chi connectivity index (χ1v) is 15.7. The van der Waals surface area contributed by atoms with Gasteiger partial charge in [0.05, 0.1) is 29.9 Å². The largest absolute Gasteiger partial charge is 0.323 e. The predicted molar refractivity (Wildman–Crippen MR) is 154 cm³/mol. The lowest BCUT2D eigenvalue weighted by atomic mass is 9.84. The van der Waals surface area contributed by atoms with E-state index in [0.29, 0.717) is 31.3 Å². The third kappa shape index (κ3) is 7.58. The SMILES string of the molecule is N[C@H](C(=O)Nc1cncc(F)c1CC[C@H]1CNCCN1S(=O)(=O)CC1CC1)[C@@H](c1ccc(F)cc1)c1cc(F)cc(F)c1. The van der Waals surface area contributed by atoms with Crippen LogP contribution in [0.15, 0.2) is 54.9 Å². The first kappa shape index (κ1) is 31.0. The van der Waals surface area contributed by atoms with Gasteiger partial charge in [0.15, 0.2) is 0 Å². The second-order valence-electron chi connectivity index (χ2n) is 11.1. The molecule has 1 aromatic heterocycles. The molecule has 2 aromatic carbocycles. The zero-order valence-electron chi connectivity index (χ0n) is 23.3. The molecule has 1 amide bonds. The van der Waals surface area contributed by atoms with Gasteiger partial charge in [0, 0.05) is 43.2 Å². The Morgan fingerprint density at radius 2 is 1.72 bits per heavy atom. The van der Waals surface area contributed by atoms with Gasteiger partial charge in [-0.1, -0.05) is 12.1 Å². The Kier molecular flexibility index (Phi) is 9.45. The van der Waals surface area contributed by atoms with Crippen LogP contribution in [-0.2, 0) is 21.2 Å². The molecule has 2 heterocycles. The monoisotopic (exact) mass is 619 g/mol. The summed E-state index contributed by atoms with van der Waals surface area (Å²) in [4.78, 5) is 17.3. The van der Waals surface area contributed by atoms with Crippen molar-refractivity contribution in [1.29, 1.82) is 0 Å². The molecule has 2 aliphatic rings. The van der Waals surface area contributed by atoms with E-state index in [1.165, 1.54) is 22.6 Å². The van der Waals surface area contributed by atoms with Gasteiger partial charge < -0.3 is 16.4 Å². The molecule has 3 aromatic rings. The molecule has 1 aliphatic heterocycles. The fourth-order valence-corrected chi connectivity index (χ4v) is 7.69. The van der Waals surface area contributed by atoms with Crippen molar-refractivity contribution in [2.45, 2.75) is 43.7 Å². The summed E-state index contributed by atoms with van der Waals surface area (Å²) in [5.74, 6) is -4.56. The van der Waals surface area contributed by atoms with E-state index in [-0.39, 0.29) is 41.3 Å². The summed E-state index contributed by atoms with van der Waals surface area (Å²) in [5.41, 5.74) is 6.91. The van der Waals surface area contributed by atoms with E-state index in [9.17, 15) is 26.4 Å². The molecule has 4 N–H and O–H groups in total. The maximum absolute atomic E-state index is 15.1. The van der Waals surface area contributed by atoms with Crippen molar-refractivity contribution in [2.75, 3.05) is 30.7 Å². The third-order valence-corrected chi connectivity index (χ3v) is 10.0. The number of rotatable bonds is 11. The number of carbonyl (C=O) groups is 1. The summed E-state index contributed by atoms with van der Waals surface area (Å²) in [5, 5.41) is 5.80. The number of benzene rings is 2. The highest BCUT2D eigenvalue weighted by molar-refractivity contribution is 7.89. The minimum atomic E-state index is -3.47. The molecular formula is C30H33F4N5O3S. The average Bonchev–Trinajstić information content (AvgIpc) is 3.77. The van der Waals surface area contributed by atoms with Gasteiger partial charge in [0.25, 0.3) is 0 Å². The number of piperazine rings is 1. The molecule has 0 radical (unpaired) electrons. The minimum absolute atomic E-state index is 0.0416. The van der Waals surface area contributed by atoms with Crippen molar-refractivity contribution in [3.05, 3.63) is 94.8 Å². The van der Waals surface area contributed by atoms with Crippen molar-refractivity contribution >= 4 is 21.6 Å². The second kappa shape index (κ2) is 13.1. The van der Waals surface area contributed by atoms with Crippen molar-refractivity contribution in [3.63, 3.8) is 0 Å². The van der Waals surface area contributed by atoms with Gasteiger partial charge in [-0.15, -0.1) is 0 Å². The van der Waals surface area contributed by atoms with Crippen molar-refractivity contribution in [2.24, 2.45) is 11.7 Å². The lowest BCUT2D eigenvalue weighted by molar-refractivity contribution is -0.117. The van der Waals surface area contributed by atoms with E-state index in [2.05, 4.69) is 15.6 Å². The smallest absolute Gasteiger partial charge is 0.242 e. The molecule has 13 heteroatoms. The fourth-order valence-electron chi connectivity index (χ4n) is 5.57. The van der Waals surface area contributed by atoms with E-state index in [1.807, 2.05) is 0 Å². The first-order valence-electron chi connectivity index (χ1n) is 14.1. The Balaban J connectivity index is 1.36. The van der Waals surface area contributed by atoms with E-state index < -0.39 is 57.2 Å². The molecule has 1 saturated heterocycles. The van der Waals surface area contributed by atoms with Crippen LogP contribution in [0.1, 0.15) is 41.9 Å². The number of aromatic nitrogens is 1. The predicted octanol–water partition coefficient (Wildman–Crippen LogP) is 3.68. The van der Waals surface area contributed by atoms with E-state index in [1.54, 1.807) is 0 Å². The number of sulfonamides is 1. The summed E-state index contributed by atoms with van der Waals surface area (Å²) < 4.78 is 84.6. The summed E-state index contributed by atoms with van der Waals surface area (Å²) in [6.07, 6.45) is 4.45. The number of anilines is 1. The molecule has 0 bridgehead atoms. The number of pyridine rings is 1. The lowest BCUT2D eigenvalue weighted by Crippen LogP contribution is -2.54. The summed E-state index contributed by atoms with van der Waals surface area (Å²) in [6.45, 7) is 1.25. The van der Waals surface area contributed by atoms with Crippen LogP contribution in [0.5, 0.6) is 0 Å². The van der Waals surface area contributed by atoms with Crippen LogP contribution in [-0.4, -0.2) is 61.1 Å². The molecule has 0 spiro atoms. The van der Waals surface area contributed by atoms with Gasteiger partial charge in [-0.3, -0.25) is 9.78 Å². The number of nitrogens with one attached hydrogen (secondary N) is 2. The highest BCUT2D eigenvalue weighted by Gasteiger charge is 2.37. The topological polar surface area (TPSA) is 117 Å². The lowest BCUT2D eigenvalue weighted by Gasteiger charge is -2.35. The molecule has 1 aliphatic carbocycles. The standard InChI is InChI=1S/C30H33F4N5O3S/c31-21-5-3-19(4-6-21)28(20-11-22(32)13-23(33)12-20)29(35)30(40)38-27-16-37-15-26(34)25(27)8-7-24-14-36-9-10-39(24)43(41,42)17-18-1-2-18/h3-6,11-13,15-16,18,24,28-29,36H,1-2,7-10,14,17,35H2,(H,38,40)/t24-,28-,29-/m0/s1. The van der Waals surface area contributed by atoms with Crippen LogP contribution in [0.2, 0.25) is 0 Å². The normalized spacial score (nSPS) is 19.1. The van der Waals surface area contributed by atoms with Gasteiger partial charge in [-0.05, 0) is 67.0 Å². The Morgan fingerprint density at radius 1 is 1.02 bits per heavy atom. The number of hydrogen-bond donors (Lipinski definition) is 3. The number of hydrogen-bond acceptors (Lipinski definition) is 6. The first-order chi connectivity index (χ1) is 20.5. The van der Waals surface area contributed by atoms with E-state index in [0.717, 1.165) is 43.3 Å². The zero-order chi connectivity index (χ0) is 30.7. The molecule has 8 nitrogen and oxygen atoms in total. The highest BCUT2D eigenvalue weighted by Crippen LogP contribution is 2.33. The molecule has 3 atom stereocenters. The zero-order valence-corrected chi connectivity index (χ0v) is 24.1. The van der Waals surface area contributed by atoms with Crippen LogP contribution in [0.4, 0.5) is 23.2 Å². The number of nitrogens with two attached hydrogens (primary N) is 1. The molecule has 5 rings (SSSR count).